The highest BCUT2D eigenvalue weighted by molar-refractivity contribution is 7.80. The number of anilines is 1. The maximum absolute atomic E-state index is 12.3. The third kappa shape index (κ3) is 5.18. The fourth-order valence-corrected chi connectivity index (χ4v) is 3.16. The predicted molar refractivity (Wildman–Crippen MR) is 97.9 cm³/mol. The van der Waals surface area contributed by atoms with E-state index in [1.807, 2.05) is 25.1 Å². The minimum Gasteiger partial charge on any atom is -0.363 e. The van der Waals surface area contributed by atoms with Gasteiger partial charge >= 0.3 is 0 Å². The van der Waals surface area contributed by atoms with Crippen LogP contribution in [-0.4, -0.2) is 55.2 Å². The number of benzene rings is 1. The van der Waals surface area contributed by atoms with Crippen molar-refractivity contribution in [2.75, 3.05) is 44.6 Å². The number of aryl methyl sites for hydroxylation is 1. The van der Waals surface area contributed by atoms with Gasteiger partial charge in [-0.2, -0.15) is 0 Å². The number of piperazine rings is 1. The number of rotatable bonds is 5. The molecule has 1 aromatic carbocycles. The van der Waals surface area contributed by atoms with Crippen LogP contribution in [0.1, 0.15) is 19.4 Å². The van der Waals surface area contributed by atoms with E-state index in [2.05, 4.69) is 28.5 Å². The number of nitrogens with zero attached hydrogens (tertiary/aromatic N) is 1. The lowest BCUT2D eigenvalue weighted by molar-refractivity contribution is -0.895. The molecule has 6 heteroatoms. The number of hydrogen-bond acceptors (Lipinski definition) is 2. The molecular weight excluding hydrogens is 308 g/mol. The molecule has 5 nitrogen and oxygen atoms in total. The Morgan fingerprint density at radius 2 is 1.96 bits per heavy atom. The molecule has 2 rings (SSSR count). The molecule has 1 amide bonds. The predicted octanol–water partition coefficient (Wildman–Crippen LogP) is 0.282. The van der Waals surface area contributed by atoms with Gasteiger partial charge in [-0.25, -0.2) is 0 Å². The molecule has 0 aliphatic carbocycles. The number of hydrogen-bond donors (Lipinski definition) is 3. The molecule has 1 saturated heterocycles. The van der Waals surface area contributed by atoms with Gasteiger partial charge in [0.05, 0.1) is 26.2 Å². The van der Waals surface area contributed by atoms with Gasteiger partial charge in [0, 0.05) is 12.2 Å². The van der Waals surface area contributed by atoms with Gasteiger partial charge in [0.2, 0.25) is 0 Å². The third-order valence-corrected chi connectivity index (χ3v) is 4.57. The molecular formula is C17H27N4OS+. The van der Waals surface area contributed by atoms with E-state index in [0.29, 0.717) is 6.54 Å². The van der Waals surface area contributed by atoms with Crippen molar-refractivity contribution in [3.8, 4) is 0 Å². The molecule has 1 aromatic rings. The first-order chi connectivity index (χ1) is 11.1. The van der Waals surface area contributed by atoms with Crippen LogP contribution in [0.25, 0.3) is 0 Å². The molecule has 126 valence electrons. The SMILES string of the molecule is CCNC(=S)N1CC[NH+](CC(=O)Nc2ccccc2CC)CC1. The molecule has 1 heterocycles. The minimum atomic E-state index is 0.0867. The van der Waals surface area contributed by atoms with Crippen molar-refractivity contribution in [3.63, 3.8) is 0 Å². The van der Waals surface area contributed by atoms with E-state index in [9.17, 15) is 4.79 Å². The first-order valence-corrected chi connectivity index (χ1v) is 8.79. The van der Waals surface area contributed by atoms with Crippen molar-refractivity contribution < 1.29 is 9.69 Å². The summed E-state index contributed by atoms with van der Waals surface area (Å²) in [5.74, 6) is 0.0867. The molecule has 23 heavy (non-hydrogen) atoms. The fraction of sp³-hybridized carbons (Fsp3) is 0.529. The topological polar surface area (TPSA) is 48.8 Å². The normalized spacial score (nSPS) is 15.3. The summed E-state index contributed by atoms with van der Waals surface area (Å²) in [6, 6.07) is 8.00. The van der Waals surface area contributed by atoms with Gasteiger partial charge in [-0.15, -0.1) is 0 Å². The van der Waals surface area contributed by atoms with Gasteiger partial charge in [0.25, 0.3) is 5.91 Å². The molecule has 0 unspecified atom stereocenters. The van der Waals surface area contributed by atoms with Gasteiger partial charge in [0.15, 0.2) is 11.7 Å². The largest absolute Gasteiger partial charge is 0.363 e. The number of carbonyl (C=O) groups is 1. The van der Waals surface area contributed by atoms with E-state index in [-0.39, 0.29) is 5.91 Å². The Morgan fingerprint density at radius 3 is 2.61 bits per heavy atom. The average Bonchev–Trinajstić information content (AvgIpc) is 2.56. The van der Waals surface area contributed by atoms with E-state index >= 15 is 0 Å². The van der Waals surface area contributed by atoms with E-state index in [1.165, 1.54) is 10.5 Å². The summed E-state index contributed by atoms with van der Waals surface area (Å²) < 4.78 is 0. The van der Waals surface area contributed by atoms with Crippen molar-refractivity contribution in [2.24, 2.45) is 0 Å². The Hall–Kier alpha value is -1.66. The Morgan fingerprint density at radius 1 is 1.26 bits per heavy atom. The Bertz CT molecular complexity index is 541. The number of nitrogens with one attached hydrogen (secondary N) is 3. The van der Waals surface area contributed by atoms with Crippen LogP contribution in [0, 0.1) is 0 Å². The van der Waals surface area contributed by atoms with Crippen molar-refractivity contribution >= 4 is 28.9 Å². The summed E-state index contributed by atoms with van der Waals surface area (Å²) in [5, 5.41) is 7.06. The molecule has 1 aliphatic heterocycles. The van der Waals surface area contributed by atoms with E-state index in [4.69, 9.17) is 12.2 Å². The number of amides is 1. The summed E-state index contributed by atoms with van der Waals surface area (Å²) in [5.41, 5.74) is 2.11. The number of thiocarbonyl (C=S) groups is 1. The zero-order valence-corrected chi connectivity index (χ0v) is 14.8. The second-order valence-corrected chi connectivity index (χ2v) is 6.19. The van der Waals surface area contributed by atoms with Crippen molar-refractivity contribution in [2.45, 2.75) is 20.3 Å². The summed E-state index contributed by atoms with van der Waals surface area (Å²) in [6.45, 7) is 9.20. The Balaban J connectivity index is 1.80. The number of quaternary nitrogens is 1. The van der Waals surface area contributed by atoms with Crippen LogP contribution in [0.4, 0.5) is 5.69 Å². The second-order valence-electron chi connectivity index (χ2n) is 5.81. The highest BCUT2D eigenvalue weighted by Crippen LogP contribution is 2.14. The molecule has 0 bridgehead atoms. The van der Waals surface area contributed by atoms with Crippen LogP contribution >= 0.6 is 12.2 Å². The van der Waals surface area contributed by atoms with E-state index < -0.39 is 0 Å². The molecule has 3 N–H and O–H groups in total. The van der Waals surface area contributed by atoms with E-state index in [0.717, 1.165) is 49.9 Å². The van der Waals surface area contributed by atoms with Crippen molar-refractivity contribution in [3.05, 3.63) is 29.8 Å². The first kappa shape index (κ1) is 17.7. The second kappa shape index (κ2) is 8.84. The van der Waals surface area contributed by atoms with E-state index in [1.54, 1.807) is 0 Å². The van der Waals surface area contributed by atoms with Gasteiger partial charge in [-0.1, -0.05) is 25.1 Å². The van der Waals surface area contributed by atoms with Crippen LogP contribution in [0.3, 0.4) is 0 Å². The van der Waals surface area contributed by atoms with Gasteiger partial charge in [-0.05, 0) is 37.2 Å². The molecule has 0 spiro atoms. The highest BCUT2D eigenvalue weighted by atomic mass is 32.1. The summed E-state index contributed by atoms with van der Waals surface area (Å²) >= 11 is 5.34. The highest BCUT2D eigenvalue weighted by Gasteiger charge is 2.23. The van der Waals surface area contributed by atoms with Crippen LogP contribution in [0.15, 0.2) is 24.3 Å². The lowest BCUT2D eigenvalue weighted by Gasteiger charge is -2.33. The van der Waals surface area contributed by atoms with Crippen LogP contribution in [0.5, 0.6) is 0 Å². The monoisotopic (exact) mass is 335 g/mol. The Labute approximate surface area is 144 Å². The molecule has 0 saturated carbocycles. The zero-order valence-electron chi connectivity index (χ0n) is 14.0. The average molecular weight is 335 g/mol. The first-order valence-electron chi connectivity index (χ1n) is 8.38. The van der Waals surface area contributed by atoms with Crippen molar-refractivity contribution in [1.29, 1.82) is 0 Å². The van der Waals surface area contributed by atoms with Gasteiger partial charge in [-0.3, -0.25) is 4.79 Å². The third-order valence-electron chi connectivity index (χ3n) is 4.17. The van der Waals surface area contributed by atoms with Crippen LogP contribution < -0.4 is 15.5 Å². The lowest BCUT2D eigenvalue weighted by atomic mass is 10.1. The maximum atomic E-state index is 12.3. The lowest BCUT2D eigenvalue weighted by Crippen LogP contribution is -3.15. The summed E-state index contributed by atoms with van der Waals surface area (Å²) in [7, 11) is 0. The standard InChI is InChI=1S/C17H26N4OS/c1-3-14-7-5-6-8-15(14)19-16(22)13-20-9-11-21(12-10-20)17(23)18-4-2/h5-8H,3-4,9-13H2,1-2H3,(H,18,23)(H,19,22)/p+1. The maximum Gasteiger partial charge on any atom is 0.279 e. The summed E-state index contributed by atoms with van der Waals surface area (Å²) in [6.07, 6.45) is 0.920. The molecule has 1 aliphatic rings. The van der Waals surface area contributed by atoms with Crippen molar-refractivity contribution in [1.82, 2.24) is 10.2 Å². The van der Waals surface area contributed by atoms with Crippen LogP contribution in [0.2, 0.25) is 0 Å². The smallest absolute Gasteiger partial charge is 0.279 e. The van der Waals surface area contributed by atoms with Gasteiger partial charge in [0.1, 0.15) is 0 Å². The molecule has 0 atom stereocenters. The fourth-order valence-electron chi connectivity index (χ4n) is 2.84. The molecule has 0 aromatic heterocycles. The molecule has 0 radical (unpaired) electrons. The quantitative estimate of drug-likeness (QED) is 0.677. The number of para-hydroxylation sites is 1. The zero-order chi connectivity index (χ0) is 16.7. The Kier molecular flexibility index (Phi) is 6.80. The number of carbonyl (C=O) groups excluding carboxylic acids is 1. The minimum absolute atomic E-state index is 0.0867. The van der Waals surface area contributed by atoms with Gasteiger partial charge < -0.3 is 20.4 Å². The molecule has 1 fully saturated rings. The van der Waals surface area contributed by atoms with Crippen LogP contribution in [-0.2, 0) is 11.2 Å². The summed E-state index contributed by atoms with van der Waals surface area (Å²) in [4.78, 5) is 15.8.